The normalized spacial score (nSPS) is 12.5. The van der Waals surface area contributed by atoms with Crippen molar-refractivity contribution in [2.24, 2.45) is 0 Å². The molecule has 9 aromatic carbocycles. The molecular weight excluding hydrogens is 749 g/mol. The predicted molar refractivity (Wildman–Crippen MR) is 261 cm³/mol. The van der Waals surface area contributed by atoms with Crippen molar-refractivity contribution >= 4 is 56.6 Å². The lowest BCUT2D eigenvalue weighted by Crippen LogP contribution is -2.56. The van der Waals surface area contributed by atoms with Crippen LogP contribution >= 0.6 is 0 Å². The first kappa shape index (κ1) is 34.8. The highest BCUT2D eigenvalue weighted by Crippen LogP contribution is 2.52. The maximum atomic E-state index is 2.71. The molecule has 0 saturated heterocycles. The molecule has 4 heterocycles. The van der Waals surface area contributed by atoms with E-state index in [2.05, 4.69) is 244 Å². The molecule has 2 aliphatic rings. The van der Waals surface area contributed by atoms with Gasteiger partial charge in [0.05, 0.1) is 16.9 Å². The summed E-state index contributed by atoms with van der Waals surface area (Å²) in [5.74, 6) is 0. The average Bonchev–Trinajstić information content (AvgIpc) is 3.89. The molecule has 62 heavy (non-hydrogen) atoms. The zero-order valence-corrected chi connectivity index (χ0v) is 33.9. The molecule has 0 unspecified atom stereocenters. The number of fused-ring (bicyclic) bond motifs is 5. The molecule has 13 rings (SSSR count). The Labute approximate surface area is 361 Å². The zero-order valence-electron chi connectivity index (χ0n) is 33.9. The highest BCUT2D eigenvalue weighted by atomic mass is 15.2. The summed E-state index contributed by atoms with van der Waals surface area (Å²) >= 11 is 0. The van der Waals surface area contributed by atoms with E-state index in [1.807, 2.05) is 0 Å². The Balaban J connectivity index is 1.24. The molecule has 0 atom stereocenters. The number of para-hydroxylation sites is 3. The number of aromatic nitrogens is 2. The first-order chi connectivity index (χ1) is 30.8. The second-order valence-corrected chi connectivity index (χ2v) is 16.4. The fourth-order valence-corrected chi connectivity index (χ4v) is 10.7. The van der Waals surface area contributed by atoms with Crippen LogP contribution in [0.1, 0.15) is 0 Å². The van der Waals surface area contributed by atoms with E-state index in [-0.39, 0.29) is 6.85 Å². The molecule has 4 heteroatoms. The van der Waals surface area contributed by atoms with E-state index >= 15 is 0 Å². The molecule has 0 amide bonds. The average molecular weight is 788 g/mol. The van der Waals surface area contributed by atoms with Crippen molar-refractivity contribution in [3.8, 4) is 61.6 Å². The van der Waals surface area contributed by atoms with Crippen LogP contribution in [0.15, 0.2) is 231 Å². The van der Waals surface area contributed by atoms with Gasteiger partial charge in [0.1, 0.15) is 0 Å². The van der Waals surface area contributed by atoms with Gasteiger partial charge in [0, 0.05) is 55.7 Å². The quantitative estimate of drug-likeness (QED) is 0.153. The summed E-state index contributed by atoms with van der Waals surface area (Å²) < 4.78 is 5.28. The summed E-state index contributed by atoms with van der Waals surface area (Å²) in [6.07, 6.45) is 0. The molecule has 0 N–H and O–H groups in total. The molecule has 0 saturated carbocycles. The van der Waals surface area contributed by atoms with Gasteiger partial charge in [0.2, 0.25) is 0 Å². The van der Waals surface area contributed by atoms with Crippen molar-refractivity contribution in [3.05, 3.63) is 231 Å². The number of hydrogen-bond acceptors (Lipinski definition) is 1. The summed E-state index contributed by atoms with van der Waals surface area (Å²) in [7, 11) is 0. The van der Waals surface area contributed by atoms with Gasteiger partial charge in [-0.3, -0.25) is 0 Å². The van der Waals surface area contributed by atoms with Gasteiger partial charge < -0.3 is 13.9 Å². The van der Waals surface area contributed by atoms with E-state index in [9.17, 15) is 0 Å². The lowest BCUT2D eigenvalue weighted by Gasteiger charge is -2.40. The summed E-state index contributed by atoms with van der Waals surface area (Å²) in [4.78, 5) is 2.47. The van der Waals surface area contributed by atoms with E-state index < -0.39 is 0 Å². The molecule has 2 aromatic heterocycles. The number of anilines is 3. The smallest absolute Gasteiger partial charge is 0.333 e. The Bertz CT molecular complexity index is 3500. The molecule has 0 fully saturated rings. The van der Waals surface area contributed by atoms with Gasteiger partial charge in [-0.15, -0.1) is 0 Å². The lowest BCUT2D eigenvalue weighted by molar-refractivity contribution is 1.15. The Kier molecular flexibility index (Phi) is 7.70. The van der Waals surface area contributed by atoms with Crippen LogP contribution in [0.4, 0.5) is 17.1 Å². The molecule has 0 aliphatic carbocycles. The van der Waals surface area contributed by atoms with Crippen LogP contribution in [0.25, 0.3) is 83.4 Å². The van der Waals surface area contributed by atoms with Gasteiger partial charge in [-0.2, -0.15) is 0 Å². The Morgan fingerprint density at radius 3 is 1.60 bits per heavy atom. The fourth-order valence-electron chi connectivity index (χ4n) is 10.7. The second kappa shape index (κ2) is 13.7. The van der Waals surface area contributed by atoms with Crippen LogP contribution in [-0.4, -0.2) is 15.9 Å². The van der Waals surface area contributed by atoms with E-state index in [1.165, 1.54) is 100 Å². The third-order valence-corrected chi connectivity index (χ3v) is 13.1. The minimum atomic E-state index is -0.0924. The van der Waals surface area contributed by atoms with Crippen LogP contribution in [0, 0.1) is 0 Å². The van der Waals surface area contributed by atoms with Crippen LogP contribution in [0.5, 0.6) is 0 Å². The van der Waals surface area contributed by atoms with E-state index in [0.717, 1.165) is 11.4 Å². The van der Waals surface area contributed by atoms with Gasteiger partial charge in [0.15, 0.2) is 0 Å². The molecule has 0 spiro atoms. The minimum absolute atomic E-state index is 0.0924. The number of nitrogens with zero attached hydrogens (tertiary/aromatic N) is 3. The lowest BCUT2D eigenvalue weighted by atomic mass is 9.45. The third-order valence-electron chi connectivity index (χ3n) is 13.1. The largest absolute Gasteiger partial charge is 0.375 e. The zero-order chi connectivity index (χ0) is 40.7. The number of hydrogen-bond donors (Lipinski definition) is 0. The molecule has 11 aromatic rings. The monoisotopic (exact) mass is 787 g/mol. The molecule has 0 radical (unpaired) electrons. The maximum absolute atomic E-state index is 2.71. The topological polar surface area (TPSA) is 13.1 Å². The van der Waals surface area contributed by atoms with Gasteiger partial charge in [-0.1, -0.05) is 194 Å². The standard InChI is InChI=1S/C58H38BN3/c1-6-21-39(22-7-1)52-46-31-16-18-34-48(46)61(56(52)41-25-10-3-11-26-41)50-38-37-45-44-32-20-36-51-55(44)59(47-33-17-19-35-49(47)60(51)43-29-14-5-15-30-43)62-57(42-27-12-4-13-28-42)53(54(50)58(45)62)40-23-8-2-9-24-40/h1-38H. The van der Waals surface area contributed by atoms with Crippen molar-refractivity contribution < 1.29 is 0 Å². The van der Waals surface area contributed by atoms with Crippen molar-refractivity contribution in [3.63, 3.8) is 0 Å². The second-order valence-electron chi connectivity index (χ2n) is 16.4. The summed E-state index contributed by atoms with van der Waals surface area (Å²) in [6, 6.07) is 84.7. The molecule has 3 nitrogen and oxygen atoms in total. The van der Waals surface area contributed by atoms with Gasteiger partial charge >= 0.3 is 6.85 Å². The SMILES string of the molecule is c1ccc(-c2c(-c3ccccc3)n(-c3ccc4c5c3c(-c3ccccc3)c(-c3ccccc3)n5B3c5ccccc5N(c5ccccc5)c5cccc-4c53)c3ccccc23)cc1. The Morgan fingerprint density at radius 2 is 0.903 bits per heavy atom. The van der Waals surface area contributed by atoms with E-state index in [4.69, 9.17) is 0 Å². The summed E-state index contributed by atoms with van der Waals surface area (Å²) in [5.41, 5.74) is 21.9. The predicted octanol–water partition coefficient (Wildman–Crippen LogP) is 13.7. The molecule has 2 aliphatic heterocycles. The van der Waals surface area contributed by atoms with Gasteiger partial charge in [0.25, 0.3) is 0 Å². The highest BCUT2D eigenvalue weighted by molar-refractivity contribution is 6.89. The van der Waals surface area contributed by atoms with E-state index in [1.54, 1.807) is 0 Å². The Morgan fingerprint density at radius 1 is 0.355 bits per heavy atom. The number of benzene rings is 9. The molecule has 0 bridgehead atoms. The minimum Gasteiger partial charge on any atom is -0.375 e. The summed E-state index contributed by atoms with van der Waals surface area (Å²) in [5, 5.41) is 2.46. The van der Waals surface area contributed by atoms with Gasteiger partial charge in [-0.05, 0) is 75.1 Å². The van der Waals surface area contributed by atoms with Crippen molar-refractivity contribution in [1.29, 1.82) is 0 Å². The van der Waals surface area contributed by atoms with Crippen molar-refractivity contribution in [1.82, 2.24) is 9.05 Å². The maximum Gasteiger partial charge on any atom is 0.333 e. The van der Waals surface area contributed by atoms with Crippen LogP contribution in [-0.2, 0) is 0 Å². The fraction of sp³-hybridized carbons (Fsp3) is 0. The summed E-state index contributed by atoms with van der Waals surface area (Å²) in [6.45, 7) is -0.0924. The van der Waals surface area contributed by atoms with Crippen molar-refractivity contribution in [2.45, 2.75) is 0 Å². The highest BCUT2D eigenvalue weighted by Gasteiger charge is 2.44. The van der Waals surface area contributed by atoms with Crippen LogP contribution in [0.2, 0.25) is 0 Å². The Hall–Kier alpha value is -8.08. The molecule has 288 valence electrons. The first-order valence-electron chi connectivity index (χ1n) is 21.5. The van der Waals surface area contributed by atoms with Crippen molar-refractivity contribution in [2.75, 3.05) is 4.90 Å². The van der Waals surface area contributed by atoms with Gasteiger partial charge in [-0.25, -0.2) is 0 Å². The number of rotatable bonds is 6. The van der Waals surface area contributed by atoms with Crippen LogP contribution < -0.4 is 15.8 Å². The first-order valence-corrected chi connectivity index (χ1v) is 21.5. The third kappa shape index (κ3) is 4.95. The molecular formula is C58H38BN3. The van der Waals surface area contributed by atoms with Crippen LogP contribution in [0.3, 0.4) is 0 Å². The van der Waals surface area contributed by atoms with E-state index in [0.29, 0.717) is 0 Å².